The third-order valence-corrected chi connectivity index (χ3v) is 3.34. The van der Waals surface area contributed by atoms with Crippen LogP contribution < -0.4 is 5.63 Å². The predicted molar refractivity (Wildman–Crippen MR) is 78.0 cm³/mol. The molecule has 0 aliphatic carbocycles. The average Bonchev–Trinajstić information content (AvgIpc) is 2.52. The van der Waals surface area contributed by atoms with Crippen LogP contribution in [-0.4, -0.2) is 18.0 Å². The van der Waals surface area contributed by atoms with Crippen molar-refractivity contribution in [3.05, 3.63) is 62.5 Å². The first-order valence-electron chi connectivity index (χ1n) is 6.25. The Bertz CT molecular complexity index is 988. The Morgan fingerprint density at radius 2 is 1.86 bits per heavy atom. The van der Waals surface area contributed by atoms with Gasteiger partial charge < -0.3 is 9.15 Å². The lowest BCUT2D eigenvalue weighted by atomic mass is 10.0. The molecule has 1 heterocycles. The number of nitro benzene ring substituents is 1. The Morgan fingerprint density at radius 1 is 1.18 bits per heavy atom. The van der Waals surface area contributed by atoms with Gasteiger partial charge in [-0.05, 0) is 17.5 Å². The van der Waals surface area contributed by atoms with Crippen molar-refractivity contribution in [3.63, 3.8) is 0 Å². The summed E-state index contributed by atoms with van der Waals surface area (Å²) in [5, 5.41) is 12.5. The number of ether oxygens (including phenoxy) is 1. The summed E-state index contributed by atoms with van der Waals surface area (Å²) in [4.78, 5) is 34.0. The number of methoxy groups -OCH3 is 1. The summed E-state index contributed by atoms with van der Waals surface area (Å²) >= 11 is 0. The number of carbonyl (C=O) groups excluding carboxylic acids is 1. The van der Waals surface area contributed by atoms with Gasteiger partial charge in [-0.15, -0.1) is 0 Å². The largest absolute Gasteiger partial charge is 0.465 e. The average molecular weight is 299 g/mol. The Morgan fingerprint density at radius 3 is 2.50 bits per heavy atom. The van der Waals surface area contributed by atoms with Crippen LogP contribution in [0, 0.1) is 10.1 Å². The zero-order valence-electron chi connectivity index (χ0n) is 11.4. The van der Waals surface area contributed by atoms with Gasteiger partial charge in [-0.25, -0.2) is 9.59 Å². The van der Waals surface area contributed by atoms with Gasteiger partial charge in [-0.1, -0.05) is 18.2 Å². The van der Waals surface area contributed by atoms with Crippen LogP contribution in [0.4, 0.5) is 5.69 Å². The maximum atomic E-state index is 11.8. The van der Waals surface area contributed by atoms with Crippen molar-refractivity contribution in [1.29, 1.82) is 0 Å². The van der Waals surface area contributed by atoms with Crippen molar-refractivity contribution in [2.45, 2.75) is 0 Å². The molecule has 0 amide bonds. The first-order chi connectivity index (χ1) is 10.5. The van der Waals surface area contributed by atoms with Gasteiger partial charge in [0.05, 0.1) is 23.5 Å². The van der Waals surface area contributed by atoms with Gasteiger partial charge in [0.1, 0.15) is 11.1 Å². The fourth-order valence-electron chi connectivity index (χ4n) is 2.35. The van der Waals surface area contributed by atoms with E-state index < -0.39 is 16.5 Å². The number of rotatable bonds is 2. The molecule has 0 atom stereocenters. The predicted octanol–water partition coefficient (Wildman–Crippen LogP) is 2.64. The summed E-state index contributed by atoms with van der Waals surface area (Å²) in [5.74, 6) is -0.821. The highest BCUT2D eigenvalue weighted by Gasteiger charge is 2.20. The van der Waals surface area contributed by atoms with Gasteiger partial charge in [0.2, 0.25) is 0 Å². The summed E-state index contributed by atoms with van der Waals surface area (Å²) < 4.78 is 9.59. The minimum atomic E-state index is -0.899. The number of hydrogen-bond donors (Lipinski definition) is 0. The first kappa shape index (κ1) is 13.7. The van der Waals surface area contributed by atoms with Crippen molar-refractivity contribution >= 4 is 33.4 Å². The number of nitro groups is 1. The first-order valence-corrected chi connectivity index (χ1v) is 6.25. The van der Waals surface area contributed by atoms with E-state index in [1.165, 1.54) is 12.1 Å². The van der Waals surface area contributed by atoms with Gasteiger partial charge in [0, 0.05) is 5.39 Å². The molecule has 7 nitrogen and oxygen atoms in total. The molecular weight excluding hydrogens is 290 g/mol. The normalized spacial score (nSPS) is 10.8. The van der Waals surface area contributed by atoms with E-state index in [1.807, 2.05) is 0 Å². The molecule has 3 rings (SSSR count). The van der Waals surface area contributed by atoms with Gasteiger partial charge in [-0.2, -0.15) is 0 Å². The second kappa shape index (κ2) is 4.96. The fraction of sp³-hybridized carbons (Fsp3) is 0.0667. The molecule has 3 aromatic rings. The van der Waals surface area contributed by atoms with E-state index in [0.717, 1.165) is 7.11 Å². The van der Waals surface area contributed by atoms with E-state index in [0.29, 0.717) is 16.2 Å². The lowest BCUT2D eigenvalue weighted by Gasteiger charge is -2.05. The summed E-state index contributed by atoms with van der Waals surface area (Å²) in [6.07, 6.45) is 0. The molecule has 0 unspecified atom stereocenters. The maximum Gasteiger partial charge on any atom is 0.351 e. The highest BCUT2D eigenvalue weighted by molar-refractivity contribution is 6.11. The number of nitrogens with zero attached hydrogens (tertiary/aromatic N) is 1. The van der Waals surface area contributed by atoms with Crippen LogP contribution in [0.2, 0.25) is 0 Å². The van der Waals surface area contributed by atoms with Crippen LogP contribution >= 0.6 is 0 Å². The van der Waals surface area contributed by atoms with E-state index >= 15 is 0 Å². The van der Waals surface area contributed by atoms with Crippen LogP contribution in [0.25, 0.3) is 21.7 Å². The van der Waals surface area contributed by atoms with Crippen LogP contribution in [0.5, 0.6) is 0 Å². The van der Waals surface area contributed by atoms with Gasteiger partial charge in [-0.3, -0.25) is 10.1 Å². The lowest BCUT2D eigenvalue weighted by Crippen LogP contribution is -2.15. The van der Waals surface area contributed by atoms with E-state index in [1.54, 1.807) is 24.3 Å². The number of esters is 1. The summed E-state index contributed by atoms with van der Waals surface area (Å²) in [6.45, 7) is 0. The Balaban J connectivity index is 2.50. The second-order valence-corrected chi connectivity index (χ2v) is 4.55. The third kappa shape index (κ3) is 1.99. The fourth-order valence-corrected chi connectivity index (χ4v) is 2.35. The molecule has 7 heteroatoms. The number of carbonyl (C=O) groups is 1. The molecule has 0 bridgehead atoms. The van der Waals surface area contributed by atoms with Crippen molar-refractivity contribution < 1.29 is 18.9 Å². The minimum absolute atomic E-state index is 0.0445. The van der Waals surface area contributed by atoms with Crippen molar-refractivity contribution in [2.75, 3.05) is 7.11 Å². The van der Waals surface area contributed by atoms with Crippen molar-refractivity contribution in [1.82, 2.24) is 0 Å². The number of fused-ring (bicyclic) bond motifs is 3. The molecule has 2 aromatic carbocycles. The van der Waals surface area contributed by atoms with Crippen molar-refractivity contribution in [2.24, 2.45) is 0 Å². The smallest absolute Gasteiger partial charge is 0.351 e. The monoisotopic (exact) mass is 299 g/mol. The van der Waals surface area contributed by atoms with E-state index in [9.17, 15) is 19.7 Å². The molecule has 1 aromatic heterocycles. The molecule has 0 radical (unpaired) electrons. The molecule has 0 aliphatic rings. The zero-order valence-corrected chi connectivity index (χ0v) is 11.4. The second-order valence-electron chi connectivity index (χ2n) is 4.55. The quantitative estimate of drug-likeness (QED) is 0.237. The topological polar surface area (TPSA) is 99.7 Å². The summed E-state index contributed by atoms with van der Waals surface area (Å²) in [7, 11) is 1.15. The number of hydrogen-bond acceptors (Lipinski definition) is 6. The van der Waals surface area contributed by atoms with E-state index in [4.69, 9.17) is 4.42 Å². The molecular formula is C15H9NO6. The zero-order chi connectivity index (χ0) is 15.9. The molecule has 0 saturated carbocycles. The molecule has 0 spiro atoms. The van der Waals surface area contributed by atoms with Gasteiger partial charge in [0.15, 0.2) is 0 Å². The highest BCUT2D eigenvalue weighted by Crippen LogP contribution is 2.32. The van der Waals surface area contributed by atoms with Gasteiger partial charge >= 0.3 is 11.6 Å². The van der Waals surface area contributed by atoms with E-state index in [2.05, 4.69) is 4.74 Å². The van der Waals surface area contributed by atoms with Gasteiger partial charge in [0.25, 0.3) is 5.69 Å². The minimum Gasteiger partial charge on any atom is -0.465 e. The lowest BCUT2D eigenvalue weighted by molar-refractivity contribution is -0.383. The number of benzene rings is 2. The maximum absolute atomic E-state index is 11.8. The van der Waals surface area contributed by atoms with E-state index in [-0.39, 0.29) is 16.8 Å². The highest BCUT2D eigenvalue weighted by atomic mass is 16.6. The molecule has 0 N–H and O–H groups in total. The molecule has 110 valence electrons. The molecule has 0 fully saturated rings. The molecule has 22 heavy (non-hydrogen) atoms. The van der Waals surface area contributed by atoms with Crippen LogP contribution in [0.1, 0.15) is 10.4 Å². The Kier molecular flexibility index (Phi) is 3.10. The Hall–Kier alpha value is -3.22. The summed E-state index contributed by atoms with van der Waals surface area (Å²) in [5.41, 5.74) is -1.28. The van der Waals surface area contributed by atoms with Crippen LogP contribution in [0.15, 0.2) is 45.6 Å². The van der Waals surface area contributed by atoms with Crippen molar-refractivity contribution in [3.8, 4) is 0 Å². The summed E-state index contributed by atoms with van der Waals surface area (Å²) in [6, 6.07) is 9.14. The van der Waals surface area contributed by atoms with Crippen LogP contribution in [-0.2, 0) is 4.74 Å². The molecule has 0 aliphatic heterocycles. The number of non-ortho nitro benzene ring substituents is 1. The molecule has 0 saturated heterocycles. The standard InChI is InChI=1S/C15H9NO6/c1-21-14(17)11-6-10-8-4-2-3-5-9(8)12(16(19)20)7-13(10)22-15(11)18/h2-7H,1H3. The third-order valence-electron chi connectivity index (χ3n) is 3.34. The SMILES string of the molecule is COC(=O)c1cc2c(cc([N+](=O)[O-])c3ccccc32)oc1=O. The Labute approximate surface area is 122 Å². The van der Waals surface area contributed by atoms with Crippen LogP contribution in [0.3, 0.4) is 0 Å².